The van der Waals surface area contributed by atoms with Crippen LogP contribution in [0.5, 0.6) is 11.5 Å². The van der Waals surface area contributed by atoms with E-state index in [0.717, 1.165) is 21.5 Å². The summed E-state index contributed by atoms with van der Waals surface area (Å²) in [6, 6.07) is 3.77. The van der Waals surface area contributed by atoms with Crippen LogP contribution in [0.2, 0.25) is 0 Å². The lowest BCUT2D eigenvalue weighted by atomic mass is 10.2. The molecule has 0 aliphatic rings. The number of rotatable bonds is 4. The van der Waals surface area contributed by atoms with E-state index in [1.807, 2.05) is 12.1 Å². The van der Waals surface area contributed by atoms with E-state index in [2.05, 4.69) is 21.4 Å². The molecule has 3 N–H and O–H groups in total. The number of hydrazine groups is 1. The minimum atomic E-state index is 0.547. The molecular weight excluding hydrogens is 248 g/mol. The lowest BCUT2D eigenvalue weighted by Gasteiger charge is -2.12. The number of hydrogen-bond acceptors (Lipinski definition) is 4. The summed E-state index contributed by atoms with van der Waals surface area (Å²) in [4.78, 5) is 0. The molecule has 0 spiro atoms. The first-order valence-corrected chi connectivity index (χ1v) is 4.86. The van der Waals surface area contributed by atoms with Gasteiger partial charge in [0, 0.05) is 12.1 Å². The Kier molecular flexibility index (Phi) is 4.19. The summed E-state index contributed by atoms with van der Waals surface area (Å²) in [5.74, 6) is 6.73. The van der Waals surface area contributed by atoms with E-state index in [-0.39, 0.29) is 0 Å². The van der Waals surface area contributed by atoms with Crippen molar-refractivity contribution in [3.63, 3.8) is 0 Å². The van der Waals surface area contributed by atoms with Crippen molar-refractivity contribution in [3.8, 4) is 11.5 Å². The van der Waals surface area contributed by atoms with E-state index in [9.17, 15) is 0 Å². The molecule has 0 bridgehead atoms. The Bertz CT molecular complexity index is 318. The zero-order valence-electron chi connectivity index (χ0n) is 8.13. The molecule has 0 saturated heterocycles. The summed E-state index contributed by atoms with van der Waals surface area (Å²) in [6.45, 7) is 0.547. The Labute approximate surface area is 91.5 Å². The van der Waals surface area contributed by atoms with Crippen molar-refractivity contribution < 1.29 is 9.47 Å². The van der Waals surface area contributed by atoms with Crippen LogP contribution in [0.4, 0.5) is 0 Å². The monoisotopic (exact) mass is 260 g/mol. The van der Waals surface area contributed by atoms with Crippen molar-refractivity contribution in [3.05, 3.63) is 22.2 Å². The van der Waals surface area contributed by atoms with Gasteiger partial charge in [-0.1, -0.05) is 6.07 Å². The normalized spacial score (nSPS) is 10.0. The summed E-state index contributed by atoms with van der Waals surface area (Å²) < 4.78 is 11.2. The van der Waals surface area contributed by atoms with E-state index in [0.29, 0.717) is 6.54 Å². The molecule has 4 nitrogen and oxygen atoms in total. The second-order valence-corrected chi connectivity index (χ2v) is 3.45. The lowest BCUT2D eigenvalue weighted by Crippen LogP contribution is -2.21. The van der Waals surface area contributed by atoms with Gasteiger partial charge in [0.15, 0.2) is 0 Å². The maximum atomic E-state index is 5.25. The maximum absolute atomic E-state index is 5.25. The molecule has 14 heavy (non-hydrogen) atoms. The third kappa shape index (κ3) is 2.17. The second-order valence-electron chi connectivity index (χ2n) is 2.66. The van der Waals surface area contributed by atoms with Crippen molar-refractivity contribution in [2.75, 3.05) is 14.2 Å². The topological polar surface area (TPSA) is 56.5 Å². The zero-order chi connectivity index (χ0) is 10.6. The number of methoxy groups -OCH3 is 2. The molecule has 0 saturated carbocycles. The van der Waals surface area contributed by atoms with Crippen LogP contribution >= 0.6 is 15.9 Å². The molecular formula is C9H13BrN2O2. The molecule has 1 aromatic rings. The molecule has 0 aromatic heterocycles. The molecule has 0 fully saturated rings. The number of halogens is 1. The van der Waals surface area contributed by atoms with Gasteiger partial charge in [-0.3, -0.25) is 11.3 Å². The van der Waals surface area contributed by atoms with Crippen LogP contribution in [0, 0.1) is 0 Å². The van der Waals surface area contributed by atoms with Crippen LogP contribution in [0.25, 0.3) is 0 Å². The van der Waals surface area contributed by atoms with E-state index in [1.54, 1.807) is 14.2 Å². The first-order valence-electron chi connectivity index (χ1n) is 4.07. The highest BCUT2D eigenvalue weighted by atomic mass is 79.9. The fourth-order valence-corrected chi connectivity index (χ4v) is 1.92. The van der Waals surface area contributed by atoms with Crippen LogP contribution in [0.3, 0.4) is 0 Å². The molecule has 0 radical (unpaired) electrons. The fraction of sp³-hybridized carbons (Fsp3) is 0.333. The van der Waals surface area contributed by atoms with Crippen molar-refractivity contribution >= 4 is 15.9 Å². The van der Waals surface area contributed by atoms with Gasteiger partial charge in [0.05, 0.1) is 14.2 Å². The van der Waals surface area contributed by atoms with Gasteiger partial charge in [-0.25, -0.2) is 0 Å². The highest BCUT2D eigenvalue weighted by molar-refractivity contribution is 9.10. The maximum Gasteiger partial charge on any atom is 0.141 e. The SMILES string of the molecule is COc1ccc(CNN)c(OC)c1Br. The average molecular weight is 261 g/mol. The van der Waals surface area contributed by atoms with Crippen LogP contribution < -0.4 is 20.7 Å². The standard InChI is InChI=1S/C9H13BrN2O2/c1-13-7-4-3-6(5-12-11)9(14-2)8(7)10/h3-4,12H,5,11H2,1-2H3. The number of hydrogen-bond donors (Lipinski definition) is 2. The third-order valence-electron chi connectivity index (χ3n) is 1.86. The molecule has 0 amide bonds. The Morgan fingerprint density at radius 2 is 2.07 bits per heavy atom. The van der Waals surface area contributed by atoms with Crippen molar-refractivity contribution in [1.29, 1.82) is 0 Å². The van der Waals surface area contributed by atoms with Gasteiger partial charge in [0.25, 0.3) is 0 Å². The van der Waals surface area contributed by atoms with E-state index in [4.69, 9.17) is 15.3 Å². The molecule has 78 valence electrons. The van der Waals surface area contributed by atoms with Crippen LogP contribution in [0.15, 0.2) is 16.6 Å². The lowest BCUT2D eigenvalue weighted by molar-refractivity contribution is 0.385. The third-order valence-corrected chi connectivity index (χ3v) is 2.61. The summed E-state index contributed by atoms with van der Waals surface area (Å²) in [5, 5.41) is 0. The molecule has 0 atom stereocenters. The smallest absolute Gasteiger partial charge is 0.141 e. The summed E-state index contributed by atoms with van der Waals surface area (Å²) >= 11 is 3.40. The fourth-order valence-electron chi connectivity index (χ4n) is 1.21. The van der Waals surface area contributed by atoms with Gasteiger partial charge in [0.2, 0.25) is 0 Å². The molecule has 5 heteroatoms. The van der Waals surface area contributed by atoms with Gasteiger partial charge in [-0.15, -0.1) is 0 Å². The average Bonchev–Trinajstić information content (AvgIpc) is 2.19. The molecule has 0 unspecified atom stereocenters. The van der Waals surface area contributed by atoms with Crippen LogP contribution in [-0.4, -0.2) is 14.2 Å². The Balaban J connectivity index is 3.14. The molecule has 0 aliphatic carbocycles. The van der Waals surface area contributed by atoms with Gasteiger partial charge in [-0.2, -0.15) is 0 Å². The number of nitrogens with two attached hydrogens (primary N) is 1. The van der Waals surface area contributed by atoms with Crippen molar-refractivity contribution in [1.82, 2.24) is 5.43 Å². The van der Waals surface area contributed by atoms with Gasteiger partial charge in [0.1, 0.15) is 16.0 Å². The van der Waals surface area contributed by atoms with E-state index >= 15 is 0 Å². The van der Waals surface area contributed by atoms with E-state index < -0.39 is 0 Å². The van der Waals surface area contributed by atoms with Gasteiger partial charge >= 0.3 is 0 Å². The summed E-state index contributed by atoms with van der Waals surface area (Å²) in [6.07, 6.45) is 0. The largest absolute Gasteiger partial charge is 0.495 e. The van der Waals surface area contributed by atoms with Crippen molar-refractivity contribution in [2.45, 2.75) is 6.54 Å². The van der Waals surface area contributed by atoms with Crippen LogP contribution in [0.1, 0.15) is 5.56 Å². The summed E-state index contributed by atoms with van der Waals surface area (Å²) in [7, 11) is 3.22. The highest BCUT2D eigenvalue weighted by Crippen LogP contribution is 2.36. The van der Waals surface area contributed by atoms with Gasteiger partial charge < -0.3 is 9.47 Å². The Morgan fingerprint density at radius 3 is 2.57 bits per heavy atom. The van der Waals surface area contributed by atoms with Crippen LogP contribution in [-0.2, 0) is 6.54 Å². The summed E-state index contributed by atoms with van der Waals surface area (Å²) in [5.41, 5.74) is 3.56. The molecule has 1 aromatic carbocycles. The Hall–Kier alpha value is -0.780. The second kappa shape index (κ2) is 5.19. The Morgan fingerprint density at radius 1 is 1.36 bits per heavy atom. The first-order chi connectivity index (χ1) is 6.74. The number of nitrogens with one attached hydrogen (secondary N) is 1. The quantitative estimate of drug-likeness (QED) is 0.636. The predicted molar refractivity (Wildman–Crippen MR) is 58.3 cm³/mol. The number of benzene rings is 1. The van der Waals surface area contributed by atoms with Crippen molar-refractivity contribution in [2.24, 2.45) is 5.84 Å². The minimum Gasteiger partial charge on any atom is -0.495 e. The van der Waals surface area contributed by atoms with Gasteiger partial charge in [-0.05, 0) is 22.0 Å². The number of ether oxygens (including phenoxy) is 2. The zero-order valence-corrected chi connectivity index (χ0v) is 9.72. The minimum absolute atomic E-state index is 0.547. The molecule has 0 aliphatic heterocycles. The highest BCUT2D eigenvalue weighted by Gasteiger charge is 2.11. The first kappa shape index (κ1) is 11.3. The van der Waals surface area contributed by atoms with E-state index in [1.165, 1.54) is 0 Å². The predicted octanol–water partition coefficient (Wildman–Crippen LogP) is 1.43. The molecule has 1 rings (SSSR count). The molecule has 0 heterocycles.